The molecule has 6 aromatic rings. The van der Waals surface area contributed by atoms with Gasteiger partial charge in [-0.3, -0.25) is 14.4 Å². The van der Waals surface area contributed by atoms with Crippen molar-refractivity contribution in [1.29, 1.82) is 0 Å². The molecule has 0 aliphatic carbocycles. The maximum atomic E-state index is 13.2. The summed E-state index contributed by atoms with van der Waals surface area (Å²) in [5.41, 5.74) is -1.88. The van der Waals surface area contributed by atoms with Crippen LogP contribution in [-0.2, 0) is 11.8 Å². The van der Waals surface area contributed by atoms with Gasteiger partial charge in [0.25, 0.3) is 17.0 Å². The second-order valence-corrected chi connectivity index (χ2v) is 11.3. The fourth-order valence-corrected chi connectivity index (χ4v) is 5.44. The zero-order chi connectivity index (χ0) is 46.5. The molecule has 13 heteroatoms. The normalized spacial score (nSPS) is 14.3. The van der Waals surface area contributed by atoms with E-state index in [1.807, 2.05) is 0 Å². The number of carbonyl (C=O) groups is 2. The van der Waals surface area contributed by atoms with Crippen molar-refractivity contribution in [1.82, 2.24) is 9.55 Å². The van der Waals surface area contributed by atoms with E-state index in [9.17, 15) is 29.4 Å². The van der Waals surface area contributed by atoms with Gasteiger partial charge in [-0.05, 0) is 69.2 Å². The molecule has 1 amide bonds. The number of para-hydroxylation sites is 2. The first-order chi connectivity index (χ1) is 28.8. The Hall–Kier alpha value is -5.78. The summed E-state index contributed by atoms with van der Waals surface area (Å²) in [4.78, 5) is 52.4. The van der Waals surface area contributed by atoms with E-state index in [4.69, 9.17) is 41.6 Å². The number of nitrogens with zero attached hydrogens (tertiary/aromatic N) is 2. The lowest BCUT2D eigenvalue weighted by atomic mass is 10.1. The number of aromatic nitrogens is 2. The Bertz CT molecular complexity index is 2710. The molecule has 0 aliphatic rings. The summed E-state index contributed by atoms with van der Waals surface area (Å²) in [6.45, 7) is -9.78. The Balaban J connectivity index is 0.000000221. The predicted octanol–water partition coefficient (Wildman–Crippen LogP) is 7.75. The highest BCUT2D eigenvalue weighted by Gasteiger charge is 2.26. The largest absolute Gasteiger partial charge is 0.506 e. The van der Waals surface area contributed by atoms with Gasteiger partial charge in [0.2, 0.25) is 0 Å². The Labute approximate surface area is 323 Å². The van der Waals surface area contributed by atoms with E-state index in [2.05, 4.69) is 10.3 Å². The molecule has 6 rings (SSSR count). The Morgan fingerprint density at radius 3 is 2.12 bits per heavy atom. The zero-order valence-corrected chi connectivity index (χ0v) is 29.0. The molecule has 2 aromatic heterocycles. The highest BCUT2D eigenvalue weighted by Crippen LogP contribution is 2.33. The number of carbonyl (C=O) groups excluding carboxylic acids is 2. The van der Waals surface area contributed by atoms with E-state index in [0.29, 0.717) is 16.1 Å². The summed E-state index contributed by atoms with van der Waals surface area (Å²) < 4.78 is 80.4. The van der Waals surface area contributed by atoms with Gasteiger partial charge in [-0.25, -0.2) is 4.79 Å². The Morgan fingerprint density at radius 2 is 1.48 bits per heavy atom. The van der Waals surface area contributed by atoms with E-state index >= 15 is 0 Å². The molecular weight excluding hydrogens is 707 g/mol. The molecule has 0 fully saturated rings. The first kappa shape index (κ1) is 26.9. The minimum absolute atomic E-state index is 0.0143. The molecule has 0 unspecified atom stereocenters. The number of ether oxygens (including phenoxy) is 1. The molecule has 0 spiro atoms. The minimum Gasteiger partial charge on any atom is -0.506 e. The number of nitrogens with one attached hydrogen (secondary N) is 2. The maximum Gasteiger partial charge on any atom is 0.347 e. The average Bonchev–Trinajstić information content (AvgIpc) is 3.17. The second-order valence-electron chi connectivity index (χ2n) is 10.5. The molecule has 52 heavy (non-hydrogen) atoms. The van der Waals surface area contributed by atoms with Crippen LogP contribution >= 0.6 is 23.2 Å². The number of halogens is 2. The van der Waals surface area contributed by atoms with Gasteiger partial charge in [0, 0.05) is 45.1 Å². The van der Waals surface area contributed by atoms with Crippen LogP contribution in [0.5, 0.6) is 11.5 Å². The average molecular weight is 756 g/mol. The summed E-state index contributed by atoms with van der Waals surface area (Å²) >= 11 is 12.1. The molecule has 0 saturated heterocycles. The van der Waals surface area contributed by atoms with Gasteiger partial charge in [0.1, 0.15) is 17.1 Å². The van der Waals surface area contributed by atoms with Crippen LogP contribution in [-0.4, -0.2) is 51.2 Å². The summed E-state index contributed by atoms with van der Waals surface area (Å²) in [5, 5.41) is 23.6. The number of benzene rings is 4. The minimum atomic E-state index is -3.24. The molecule has 0 bridgehead atoms. The van der Waals surface area contributed by atoms with Crippen LogP contribution in [0.15, 0.2) is 107 Å². The van der Waals surface area contributed by atoms with E-state index in [0.717, 1.165) is 0 Å². The number of amides is 1. The molecular formula is C39H38Cl2N4O7. The van der Waals surface area contributed by atoms with Crippen molar-refractivity contribution in [3.63, 3.8) is 0 Å². The molecule has 2 heterocycles. The monoisotopic (exact) mass is 754 g/mol. The van der Waals surface area contributed by atoms with Gasteiger partial charge in [0.05, 0.1) is 38.5 Å². The topological polar surface area (TPSA) is 154 Å². The van der Waals surface area contributed by atoms with Crippen LogP contribution < -0.4 is 21.3 Å². The Morgan fingerprint density at radius 1 is 0.865 bits per heavy atom. The summed E-state index contributed by atoms with van der Waals surface area (Å²) in [7, 11) is 1.50. The molecule has 270 valence electrons. The zero-order valence-electron chi connectivity index (χ0n) is 37.5. The van der Waals surface area contributed by atoms with Crippen molar-refractivity contribution in [3.05, 3.63) is 139 Å². The summed E-state index contributed by atoms with van der Waals surface area (Å²) in [6, 6.07) is 24.9. The van der Waals surface area contributed by atoms with Gasteiger partial charge in [0.15, 0.2) is 5.56 Å². The third kappa shape index (κ3) is 8.56. The predicted molar refractivity (Wildman–Crippen MR) is 207 cm³/mol. The van der Waals surface area contributed by atoms with Crippen molar-refractivity contribution in [2.24, 2.45) is 7.05 Å². The summed E-state index contributed by atoms with van der Waals surface area (Å²) in [6.07, 6.45) is 0. The van der Waals surface area contributed by atoms with Crippen molar-refractivity contribution >= 4 is 68.3 Å². The number of aromatic amines is 1. The lowest BCUT2D eigenvalue weighted by Gasteiger charge is -2.21. The first-order valence-corrected chi connectivity index (χ1v) is 16.0. The number of H-pyrrole nitrogens is 1. The van der Waals surface area contributed by atoms with Crippen LogP contribution in [0.3, 0.4) is 0 Å². The van der Waals surface area contributed by atoms with Crippen molar-refractivity contribution in [2.75, 3.05) is 29.8 Å². The van der Waals surface area contributed by atoms with Crippen LogP contribution in [0.4, 0.5) is 11.4 Å². The van der Waals surface area contributed by atoms with Crippen LogP contribution in [0.2, 0.25) is 10.0 Å². The number of esters is 1. The van der Waals surface area contributed by atoms with E-state index in [1.54, 1.807) is 61.5 Å². The SMILES string of the molecule is CCOC(=O)c1c(O)c2c(Cl)cccc2n(C)c1=O.[2H]C([2H])([2H])C([2H])([2H])N(C(=O)c1c(O)c2c(Cl)cccc2[nH]c1=O)c1ccccc1.[2H]C([2H])([2H])C([2H])([2H])Nc1ccccc1. The molecule has 0 saturated carbocycles. The van der Waals surface area contributed by atoms with E-state index in [-0.39, 0.29) is 38.6 Å². The number of hydrogen-bond acceptors (Lipinski definition) is 8. The van der Waals surface area contributed by atoms with Crippen LogP contribution in [0, 0.1) is 0 Å². The van der Waals surface area contributed by atoms with Gasteiger partial charge < -0.3 is 34.7 Å². The number of rotatable bonds is 7. The second kappa shape index (κ2) is 17.9. The van der Waals surface area contributed by atoms with E-state index in [1.165, 1.54) is 54.1 Å². The van der Waals surface area contributed by atoms with Crippen molar-refractivity contribution in [2.45, 2.75) is 20.6 Å². The van der Waals surface area contributed by atoms with Crippen molar-refractivity contribution in [3.8, 4) is 11.5 Å². The number of fused-ring (bicyclic) bond motifs is 2. The standard InChI is InChI=1S/C18H15ClN2O3.C13H12ClNO4.C8H11N/c1-2-21(11-7-4-3-5-8-11)18(24)15-16(22)14-12(19)9-6-10-13(14)20-17(15)23;1-3-19-13(18)10-11(16)9-7(14)5-4-6-8(9)15(2)12(10)17;1-2-9-8-6-4-3-5-7-8/h3-10H,2H2,1H3,(H2,20,22,23);4-6,16H,3H2,1-2H3;3-7,9H,2H2,1H3/i1D3,2D2;;1D3,2D2. The van der Waals surface area contributed by atoms with Gasteiger partial charge >= 0.3 is 5.97 Å². The molecule has 11 nitrogen and oxygen atoms in total. The third-order valence-corrected chi connectivity index (χ3v) is 7.94. The number of pyridine rings is 2. The molecule has 0 aliphatic heterocycles. The smallest absolute Gasteiger partial charge is 0.347 e. The van der Waals surface area contributed by atoms with Crippen molar-refractivity contribution < 1.29 is 38.2 Å². The number of hydrogen-bond donors (Lipinski definition) is 4. The molecule has 4 aromatic carbocycles. The molecule has 0 radical (unpaired) electrons. The van der Waals surface area contributed by atoms with Crippen LogP contribution in [0.25, 0.3) is 21.8 Å². The molecule has 4 N–H and O–H groups in total. The lowest BCUT2D eigenvalue weighted by Crippen LogP contribution is -2.34. The van der Waals surface area contributed by atoms with Crippen LogP contribution in [0.1, 0.15) is 55.1 Å². The number of aromatic hydroxyl groups is 2. The van der Waals surface area contributed by atoms with Gasteiger partial charge in [-0.1, -0.05) is 71.7 Å². The fraction of sp³-hybridized carbons (Fsp3) is 0.179. The fourth-order valence-electron chi connectivity index (χ4n) is 4.92. The number of aryl methyl sites for hydroxylation is 1. The third-order valence-electron chi connectivity index (χ3n) is 7.31. The van der Waals surface area contributed by atoms with E-state index < -0.39 is 72.3 Å². The number of anilines is 2. The van der Waals surface area contributed by atoms with Gasteiger partial charge in [-0.2, -0.15) is 0 Å². The maximum absolute atomic E-state index is 13.2. The Kier molecular flexibility index (Phi) is 9.29. The quantitative estimate of drug-likeness (QED) is 0.121. The molecule has 0 atom stereocenters. The first-order valence-electron chi connectivity index (χ1n) is 20.2. The highest BCUT2D eigenvalue weighted by molar-refractivity contribution is 6.36. The van der Waals surface area contributed by atoms with Gasteiger partial charge in [-0.15, -0.1) is 0 Å². The highest BCUT2D eigenvalue weighted by atomic mass is 35.5. The lowest BCUT2D eigenvalue weighted by molar-refractivity contribution is 0.0520. The summed E-state index contributed by atoms with van der Waals surface area (Å²) in [5.74, 6) is -3.39.